The Morgan fingerprint density at radius 2 is 2.07 bits per heavy atom. The number of carbonyl (C=O) groups excluding carboxylic acids is 2. The molecule has 2 aromatic rings. The fraction of sp³-hybridized carbons (Fsp3) is 0.450. The quantitative estimate of drug-likeness (QED) is 0.740. The molecule has 0 unspecified atom stereocenters. The number of aryl methyl sites for hydroxylation is 1. The zero-order valence-corrected chi connectivity index (χ0v) is 16.9. The Hall–Kier alpha value is -2.38. The fourth-order valence-electron chi connectivity index (χ4n) is 3.22. The average molecular weight is 405 g/mol. The standard InChI is InChI=1S/C20H25ClN4O3/c1-13(23-17(26)12-25-8-3-4-9-25)20-24-18(14(2)28-20)19(27)22-11-15-6-5-7-16(21)10-15/h5-7,10,13H,3-4,8-9,11-12H2,1-2H3,(H,22,27)(H,23,26)/t13-/m1/s1. The van der Waals surface area contributed by atoms with Crippen molar-refractivity contribution in [3.05, 3.63) is 52.2 Å². The first-order valence-corrected chi connectivity index (χ1v) is 9.82. The largest absolute Gasteiger partial charge is 0.443 e. The molecule has 150 valence electrons. The zero-order valence-electron chi connectivity index (χ0n) is 16.1. The minimum absolute atomic E-state index is 0.0720. The van der Waals surface area contributed by atoms with Gasteiger partial charge in [0.2, 0.25) is 11.8 Å². The molecule has 28 heavy (non-hydrogen) atoms. The summed E-state index contributed by atoms with van der Waals surface area (Å²) in [6.45, 7) is 6.10. The SMILES string of the molecule is Cc1oc([C@@H](C)NC(=O)CN2CCCC2)nc1C(=O)NCc1cccc(Cl)c1. The summed E-state index contributed by atoms with van der Waals surface area (Å²) in [6, 6.07) is 6.87. The van der Waals surface area contributed by atoms with Gasteiger partial charge in [-0.1, -0.05) is 23.7 Å². The van der Waals surface area contributed by atoms with Gasteiger partial charge in [0.1, 0.15) is 11.8 Å². The Morgan fingerprint density at radius 1 is 1.32 bits per heavy atom. The van der Waals surface area contributed by atoms with E-state index in [4.69, 9.17) is 16.0 Å². The van der Waals surface area contributed by atoms with Gasteiger partial charge in [-0.15, -0.1) is 0 Å². The molecular formula is C20H25ClN4O3. The Balaban J connectivity index is 1.56. The van der Waals surface area contributed by atoms with E-state index in [1.165, 1.54) is 0 Å². The number of hydrogen-bond donors (Lipinski definition) is 2. The number of benzene rings is 1. The smallest absolute Gasteiger partial charge is 0.273 e. The topological polar surface area (TPSA) is 87.5 Å². The summed E-state index contributed by atoms with van der Waals surface area (Å²) in [5, 5.41) is 6.31. The van der Waals surface area contributed by atoms with Gasteiger partial charge in [-0.25, -0.2) is 4.98 Å². The lowest BCUT2D eigenvalue weighted by atomic mass is 10.2. The number of aromatic nitrogens is 1. The minimum atomic E-state index is -0.414. The van der Waals surface area contributed by atoms with E-state index in [-0.39, 0.29) is 17.5 Å². The molecule has 1 fully saturated rings. The summed E-state index contributed by atoms with van der Waals surface area (Å²) < 4.78 is 5.62. The van der Waals surface area contributed by atoms with E-state index in [0.717, 1.165) is 31.5 Å². The van der Waals surface area contributed by atoms with E-state index in [1.54, 1.807) is 26.0 Å². The average Bonchev–Trinajstić information content (AvgIpc) is 3.29. The highest BCUT2D eigenvalue weighted by molar-refractivity contribution is 6.30. The van der Waals surface area contributed by atoms with Gasteiger partial charge in [-0.3, -0.25) is 14.5 Å². The summed E-state index contributed by atoms with van der Waals surface area (Å²) in [6.07, 6.45) is 2.27. The second-order valence-corrected chi connectivity index (χ2v) is 7.48. The number of hydrogen-bond acceptors (Lipinski definition) is 5. The van der Waals surface area contributed by atoms with Gasteiger partial charge in [0.05, 0.1) is 6.54 Å². The first-order valence-electron chi connectivity index (χ1n) is 9.44. The molecule has 1 saturated heterocycles. The lowest BCUT2D eigenvalue weighted by molar-refractivity contribution is -0.122. The maximum absolute atomic E-state index is 12.5. The number of nitrogens with zero attached hydrogens (tertiary/aromatic N) is 2. The van der Waals surface area contributed by atoms with Crippen molar-refractivity contribution in [2.24, 2.45) is 0 Å². The molecule has 2 heterocycles. The van der Waals surface area contributed by atoms with Gasteiger partial charge in [-0.05, 0) is 57.5 Å². The molecule has 2 amide bonds. The molecule has 1 aromatic carbocycles. The monoisotopic (exact) mass is 404 g/mol. The third kappa shape index (κ3) is 5.33. The van der Waals surface area contributed by atoms with Crippen LogP contribution in [0.15, 0.2) is 28.7 Å². The molecule has 8 heteroatoms. The van der Waals surface area contributed by atoms with Gasteiger partial charge in [0.15, 0.2) is 5.69 Å². The van der Waals surface area contributed by atoms with Crippen LogP contribution in [0.2, 0.25) is 5.02 Å². The summed E-state index contributed by atoms with van der Waals surface area (Å²) in [5.74, 6) is 0.333. The van der Waals surface area contributed by atoms with Crippen LogP contribution in [0.4, 0.5) is 0 Å². The Bertz CT molecular complexity index is 846. The Labute approximate surface area is 169 Å². The lowest BCUT2D eigenvalue weighted by Gasteiger charge is -2.16. The number of nitrogens with one attached hydrogen (secondary N) is 2. The summed E-state index contributed by atoms with van der Waals surface area (Å²) >= 11 is 5.96. The second-order valence-electron chi connectivity index (χ2n) is 7.04. The highest BCUT2D eigenvalue weighted by atomic mass is 35.5. The fourth-order valence-corrected chi connectivity index (χ4v) is 3.43. The summed E-state index contributed by atoms with van der Waals surface area (Å²) in [5.41, 5.74) is 1.11. The number of carbonyl (C=O) groups is 2. The number of amides is 2. The van der Waals surface area contributed by atoms with Gasteiger partial charge >= 0.3 is 0 Å². The van der Waals surface area contributed by atoms with Crippen LogP contribution >= 0.6 is 11.6 Å². The van der Waals surface area contributed by atoms with Gasteiger partial charge in [0, 0.05) is 11.6 Å². The van der Waals surface area contributed by atoms with Crippen molar-refractivity contribution in [3.8, 4) is 0 Å². The number of rotatable bonds is 7. The van der Waals surface area contributed by atoms with Crippen molar-refractivity contribution >= 4 is 23.4 Å². The van der Waals surface area contributed by atoms with Crippen molar-refractivity contribution in [2.75, 3.05) is 19.6 Å². The van der Waals surface area contributed by atoms with E-state index in [1.807, 2.05) is 12.1 Å². The lowest BCUT2D eigenvalue weighted by Crippen LogP contribution is -2.37. The van der Waals surface area contributed by atoms with Crippen LogP contribution in [-0.4, -0.2) is 41.3 Å². The molecular weight excluding hydrogens is 380 g/mol. The molecule has 0 radical (unpaired) electrons. The van der Waals surface area contributed by atoms with Gasteiger partial charge < -0.3 is 15.1 Å². The molecule has 1 aliphatic rings. The zero-order chi connectivity index (χ0) is 20.1. The van der Waals surface area contributed by atoms with E-state index in [0.29, 0.717) is 29.8 Å². The van der Waals surface area contributed by atoms with E-state index in [2.05, 4.69) is 20.5 Å². The first-order chi connectivity index (χ1) is 13.4. The molecule has 3 rings (SSSR count). The van der Waals surface area contributed by atoms with Crippen LogP contribution in [0, 0.1) is 6.92 Å². The van der Waals surface area contributed by atoms with Gasteiger partial charge in [0.25, 0.3) is 5.91 Å². The Morgan fingerprint density at radius 3 is 2.79 bits per heavy atom. The highest BCUT2D eigenvalue weighted by Gasteiger charge is 2.22. The van der Waals surface area contributed by atoms with E-state index >= 15 is 0 Å². The van der Waals surface area contributed by atoms with Crippen molar-refractivity contribution < 1.29 is 14.0 Å². The molecule has 0 spiro atoms. The van der Waals surface area contributed by atoms with Crippen LogP contribution in [0.1, 0.15) is 53.5 Å². The predicted octanol–water partition coefficient (Wildman–Crippen LogP) is 2.84. The van der Waals surface area contributed by atoms with Crippen LogP contribution in [0.25, 0.3) is 0 Å². The van der Waals surface area contributed by atoms with Crippen LogP contribution < -0.4 is 10.6 Å². The molecule has 1 aliphatic heterocycles. The number of halogens is 1. The van der Waals surface area contributed by atoms with Crippen molar-refractivity contribution in [1.82, 2.24) is 20.5 Å². The second kappa shape index (κ2) is 9.21. The van der Waals surface area contributed by atoms with Crippen molar-refractivity contribution in [3.63, 3.8) is 0 Å². The van der Waals surface area contributed by atoms with Crippen LogP contribution in [-0.2, 0) is 11.3 Å². The highest BCUT2D eigenvalue weighted by Crippen LogP contribution is 2.17. The molecule has 0 aliphatic carbocycles. The first kappa shape index (κ1) is 20.4. The minimum Gasteiger partial charge on any atom is -0.443 e. The maximum Gasteiger partial charge on any atom is 0.273 e. The van der Waals surface area contributed by atoms with Crippen LogP contribution in [0.5, 0.6) is 0 Å². The maximum atomic E-state index is 12.5. The summed E-state index contributed by atoms with van der Waals surface area (Å²) in [7, 11) is 0. The molecule has 2 N–H and O–H groups in total. The molecule has 0 saturated carbocycles. The third-order valence-electron chi connectivity index (χ3n) is 4.68. The van der Waals surface area contributed by atoms with Crippen LogP contribution in [0.3, 0.4) is 0 Å². The predicted molar refractivity (Wildman–Crippen MR) is 106 cm³/mol. The number of likely N-dealkylation sites (tertiary alicyclic amines) is 1. The molecule has 1 aromatic heterocycles. The Kier molecular flexibility index (Phi) is 6.70. The number of oxazole rings is 1. The van der Waals surface area contributed by atoms with Crippen molar-refractivity contribution in [2.45, 2.75) is 39.3 Å². The van der Waals surface area contributed by atoms with Gasteiger partial charge in [-0.2, -0.15) is 0 Å². The molecule has 7 nitrogen and oxygen atoms in total. The van der Waals surface area contributed by atoms with Crippen molar-refractivity contribution in [1.29, 1.82) is 0 Å². The molecule has 0 bridgehead atoms. The van der Waals surface area contributed by atoms with E-state index < -0.39 is 6.04 Å². The normalized spacial score (nSPS) is 15.4. The van der Waals surface area contributed by atoms with E-state index in [9.17, 15) is 9.59 Å². The summed E-state index contributed by atoms with van der Waals surface area (Å²) in [4.78, 5) is 31.0. The molecule has 1 atom stereocenters. The third-order valence-corrected chi connectivity index (χ3v) is 4.92.